The minimum absolute atomic E-state index is 0.0193. The molecule has 40 heavy (non-hydrogen) atoms. The molecule has 1 unspecified atom stereocenters. The Hall–Kier alpha value is -4.20. The normalized spacial score (nSPS) is 18.4. The first-order valence-corrected chi connectivity index (χ1v) is 14.0. The highest BCUT2D eigenvalue weighted by molar-refractivity contribution is 5.84. The molecule has 8 heteroatoms. The maximum absolute atomic E-state index is 13.1. The standard InChI is InChI=1S/C32H36N6O2/c1-32(2,3)34-31(40)38-15-14-24-23(21-11-13-28-29(16-21)37(4)36-35-28)12-10-22(27(24)19-38)18-33-30(39)26-17-25(26)20-8-6-5-7-9-20/h5-13,16,25-26H,14-15,17-19H2,1-4H3,(H,33,39)(H,34,40)/t25-,26?/m1/s1. The third-order valence-electron chi connectivity index (χ3n) is 8.01. The number of nitrogens with one attached hydrogen (secondary N) is 2. The Bertz CT molecular complexity index is 1590. The Balaban J connectivity index is 1.28. The topological polar surface area (TPSA) is 92.2 Å². The van der Waals surface area contributed by atoms with Gasteiger partial charge in [-0.15, -0.1) is 5.10 Å². The molecule has 0 saturated heterocycles. The van der Waals surface area contributed by atoms with Crippen LogP contribution >= 0.6 is 0 Å². The van der Waals surface area contributed by atoms with E-state index in [0.717, 1.165) is 46.1 Å². The molecule has 3 aromatic carbocycles. The monoisotopic (exact) mass is 536 g/mol. The zero-order valence-corrected chi connectivity index (χ0v) is 23.6. The van der Waals surface area contributed by atoms with Gasteiger partial charge in [0.1, 0.15) is 5.52 Å². The van der Waals surface area contributed by atoms with Gasteiger partial charge in [0.25, 0.3) is 0 Å². The van der Waals surface area contributed by atoms with Gasteiger partial charge in [-0.25, -0.2) is 9.48 Å². The maximum Gasteiger partial charge on any atom is 0.318 e. The second-order valence-corrected chi connectivity index (χ2v) is 12.1. The van der Waals surface area contributed by atoms with Crippen LogP contribution in [0.1, 0.15) is 55.4 Å². The summed E-state index contributed by atoms with van der Waals surface area (Å²) < 4.78 is 1.79. The fourth-order valence-electron chi connectivity index (χ4n) is 5.81. The molecule has 2 atom stereocenters. The van der Waals surface area contributed by atoms with Crippen LogP contribution in [0.15, 0.2) is 60.7 Å². The average molecular weight is 537 g/mol. The van der Waals surface area contributed by atoms with Gasteiger partial charge in [-0.1, -0.05) is 53.7 Å². The van der Waals surface area contributed by atoms with E-state index in [9.17, 15) is 9.59 Å². The summed E-state index contributed by atoms with van der Waals surface area (Å²) in [5.41, 5.74) is 8.39. The van der Waals surface area contributed by atoms with Crippen LogP contribution in [0.2, 0.25) is 0 Å². The second kappa shape index (κ2) is 10.1. The van der Waals surface area contributed by atoms with Crippen molar-refractivity contribution in [3.8, 4) is 11.1 Å². The van der Waals surface area contributed by atoms with Crippen LogP contribution in [0.5, 0.6) is 0 Å². The van der Waals surface area contributed by atoms with Crippen LogP contribution in [0, 0.1) is 5.92 Å². The molecule has 3 amide bonds. The molecule has 1 fully saturated rings. The van der Waals surface area contributed by atoms with E-state index in [1.165, 1.54) is 11.1 Å². The third kappa shape index (κ3) is 5.18. The Morgan fingerprint density at radius 2 is 1.82 bits per heavy atom. The van der Waals surface area contributed by atoms with Gasteiger partial charge in [0, 0.05) is 38.1 Å². The third-order valence-corrected chi connectivity index (χ3v) is 8.01. The van der Waals surface area contributed by atoms with Crippen LogP contribution in [0.3, 0.4) is 0 Å². The van der Waals surface area contributed by atoms with E-state index in [0.29, 0.717) is 25.6 Å². The number of benzene rings is 3. The molecule has 1 saturated carbocycles. The number of carbonyl (C=O) groups excluding carboxylic acids is 2. The van der Waals surface area contributed by atoms with Gasteiger partial charge >= 0.3 is 6.03 Å². The number of hydrogen-bond donors (Lipinski definition) is 2. The van der Waals surface area contributed by atoms with Crippen molar-refractivity contribution < 1.29 is 9.59 Å². The molecule has 2 N–H and O–H groups in total. The Morgan fingerprint density at radius 1 is 1.02 bits per heavy atom. The number of amides is 3. The highest BCUT2D eigenvalue weighted by Gasteiger charge is 2.43. The smallest absolute Gasteiger partial charge is 0.318 e. The lowest BCUT2D eigenvalue weighted by Gasteiger charge is -2.34. The molecule has 1 aliphatic heterocycles. The van der Waals surface area contributed by atoms with Crippen LogP contribution in [-0.4, -0.2) is 43.9 Å². The minimum atomic E-state index is -0.317. The number of rotatable bonds is 5. The first-order valence-electron chi connectivity index (χ1n) is 14.0. The van der Waals surface area contributed by atoms with Gasteiger partial charge in [0.2, 0.25) is 5.91 Å². The lowest BCUT2D eigenvalue weighted by molar-refractivity contribution is -0.122. The lowest BCUT2D eigenvalue weighted by atomic mass is 9.87. The summed E-state index contributed by atoms with van der Waals surface area (Å²) in [5, 5.41) is 14.7. The fourth-order valence-corrected chi connectivity index (χ4v) is 5.81. The number of aromatic nitrogens is 3. The molecule has 2 heterocycles. The van der Waals surface area contributed by atoms with E-state index >= 15 is 0 Å². The molecule has 4 aromatic rings. The lowest BCUT2D eigenvalue weighted by Crippen LogP contribution is -2.50. The molecule has 0 radical (unpaired) electrons. The Labute approximate surface area is 234 Å². The van der Waals surface area contributed by atoms with Gasteiger partial charge < -0.3 is 15.5 Å². The van der Waals surface area contributed by atoms with Crippen molar-refractivity contribution in [2.24, 2.45) is 13.0 Å². The predicted octanol–water partition coefficient (Wildman–Crippen LogP) is 4.92. The first-order chi connectivity index (χ1) is 19.2. The number of hydrogen-bond acceptors (Lipinski definition) is 4. The van der Waals surface area contributed by atoms with Crippen molar-refractivity contribution in [2.75, 3.05) is 6.54 Å². The molecule has 2 aliphatic rings. The Morgan fingerprint density at radius 3 is 2.60 bits per heavy atom. The van der Waals surface area contributed by atoms with E-state index in [1.807, 2.05) is 57.0 Å². The van der Waals surface area contributed by atoms with E-state index < -0.39 is 0 Å². The van der Waals surface area contributed by atoms with Gasteiger partial charge in [0.05, 0.1) is 5.52 Å². The van der Waals surface area contributed by atoms with Crippen LogP contribution in [0.25, 0.3) is 22.2 Å². The van der Waals surface area contributed by atoms with Crippen molar-refractivity contribution in [2.45, 2.75) is 58.2 Å². The highest BCUT2D eigenvalue weighted by atomic mass is 16.2. The summed E-state index contributed by atoms with van der Waals surface area (Å²) in [7, 11) is 1.90. The molecular weight excluding hydrogens is 500 g/mol. The molecule has 8 nitrogen and oxygen atoms in total. The summed E-state index contributed by atoms with van der Waals surface area (Å²) in [6.07, 6.45) is 1.63. The zero-order chi connectivity index (χ0) is 28.0. The van der Waals surface area contributed by atoms with Crippen molar-refractivity contribution in [3.63, 3.8) is 0 Å². The van der Waals surface area contributed by atoms with Crippen molar-refractivity contribution in [1.29, 1.82) is 0 Å². The molecule has 6 rings (SSSR count). The van der Waals surface area contributed by atoms with Gasteiger partial charge in [-0.3, -0.25) is 4.79 Å². The average Bonchev–Trinajstić information content (AvgIpc) is 3.67. The van der Waals surface area contributed by atoms with Crippen LogP contribution < -0.4 is 10.6 Å². The summed E-state index contributed by atoms with van der Waals surface area (Å²) in [6, 6.07) is 20.7. The van der Waals surface area contributed by atoms with Gasteiger partial charge in [-0.05, 0) is 85.0 Å². The number of aryl methyl sites for hydroxylation is 1. The highest BCUT2D eigenvalue weighted by Crippen LogP contribution is 2.47. The minimum Gasteiger partial charge on any atom is -0.352 e. The van der Waals surface area contributed by atoms with E-state index in [-0.39, 0.29) is 23.4 Å². The van der Waals surface area contributed by atoms with Crippen molar-refractivity contribution >= 4 is 23.0 Å². The summed E-state index contributed by atoms with van der Waals surface area (Å²) in [6.45, 7) is 7.55. The van der Waals surface area contributed by atoms with E-state index in [2.05, 4.69) is 57.3 Å². The van der Waals surface area contributed by atoms with E-state index in [1.54, 1.807) is 4.68 Å². The van der Waals surface area contributed by atoms with Crippen LogP contribution in [0.4, 0.5) is 4.79 Å². The Kier molecular flexibility index (Phi) is 6.56. The molecule has 1 aromatic heterocycles. The number of carbonyl (C=O) groups is 2. The van der Waals surface area contributed by atoms with Crippen molar-refractivity contribution in [1.82, 2.24) is 30.5 Å². The molecule has 206 valence electrons. The fraction of sp³-hybridized carbons (Fsp3) is 0.375. The van der Waals surface area contributed by atoms with Gasteiger partial charge in [-0.2, -0.15) is 0 Å². The SMILES string of the molecule is Cn1nnc2ccc(-c3ccc(CNC(=O)C4C[C@@H]4c4ccccc4)c4c3CCN(C(=O)NC(C)(C)C)C4)cc21. The number of urea groups is 1. The maximum atomic E-state index is 13.1. The molecule has 1 aliphatic carbocycles. The van der Waals surface area contributed by atoms with Crippen molar-refractivity contribution in [3.05, 3.63) is 82.9 Å². The molecule has 0 spiro atoms. The predicted molar refractivity (Wildman–Crippen MR) is 155 cm³/mol. The quantitative estimate of drug-likeness (QED) is 0.379. The number of nitrogens with zero attached hydrogens (tertiary/aromatic N) is 4. The first kappa shape index (κ1) is 26.0. The second-order valence-electron chi connectivity index (χ2n) is 12.1. The summed E-state index contributed by atoms with van der Waals surface area (Å²) >= 11 is 0. The largest absolute Gasteiger partial charge is 0.352 e. The van der Waals surface area contributed by atoms with Gasteiger partial charge in [0.15, 0.2) is 0 Å². The number of fused-ring (bicyclic) bond motifs is 2. The van der Waals surface area contributed by atoms with E-state index in [4.69, 9.17) is 0 Å². The molecule has 0 bridgehead atoms. The zero-order valence-electron chi connectivity index (χ0n) is 23.6. The molecular formula is C32H36N6O2. The summed E-state index contributed by atoms with van der Waals surface area (Å²) in [4.78, 5) is 28.1. The van der Waals surface area contributed by atoms with Crippen LogP contribution in [-0.2, 0) is 31.4 Å². The summed E-state index contributed by atoms with van der Waals surface area (Å²) in [5.74, 6) is 0.412.